The summed E-state index contributed by atoms with van der Waals surface area (Å²) in [4.78, 5) is 8.92. The molecule has 11 heteroatoms. The SMILES string of the molecule is [B][C@@](Nc1cc(Cl)c2ncc(C#N)c(NCC(C)(C)C)c2c1)(C1=CN(C2CC2)NN1)c1ccc(Cl)nc1C. The Bertz CT molecular complexity index is 1470. The van der Waals surface area contributed by atoms with Crippen LogP contribution in [0.25, 0.3) is 10.9 Å². The first-order chi connectivity index (χ1) is 18.0. The van der Waals surface area contributed by atoms with Crippen LogP contribution in [0.1, 0.15) is 50.4 Å². The molecule has 1 atom stereocenters. The zero-order valence-corrected chi connectivity index (χ0v) is 23.3. The van der Waals surface area contributed by atoms with Gasteiger partial charge in [-0.3, -0.25) is 9.99 Å². The molecule has 1 aliphatic heterocycles. The van der Waals surface area contributed by atoms with Crippen molar-refractivity contribution in [1.82, 2.24) is 25.9 Å². The average Bonchev–Trinajstić information content (AvgIpc) is 3.57. The molecule has 1 fully saturated rings. The van der Waals surface area contributed by atoms with Crippen LogP contribution in [-0.4, -0.2) is 35.4 Å². The predicted octanol–water partition coefficient (Wildman–Crippen LogP) is 5.34. The van der Waals surface area contributed by atoms with E-state index in [1.807, 2.05) is 30.3 Å². The standard InChI is InChI=1S/C27H29BCl2N8/c1-15-20(7-8-23(30)34-15)27(28,22-13-38(37-36-22)18-5-6-18)35-17-9-19-24(33-14-26(2,3)4)16(11-31)12-32-25(19)21(29)10-17/h7-10,12-13,18,35-37H,5-6,14H2,1-4H3,(H,32,33)/t27-/m0/s1. The lowest BCUT2D eigenvalue weighted by atomic mass is 9.69. The van der Waals surface area contributed by atoms with E-state index in [1.165, 1.54) is 0 Å². The number of anilines is 2. The van der Waals surface area contributed by atoms with Crippen molar-refractivity contribution in [2.24, 2.45) is 5.41 Å². The van der Waals surface area contributed by atoms with Crippen molar-refractivity contribution in [2.75, 3.05) is 17.2 Å². The van der Waals surface area contributed by atoms with Crippen LogP contribution in [0, 0.1) is 23.7 Å². The van der Waals surface area contributed by atoms with E-state index < -0.39 is 5.44 Å². The van der Waals surface area contributed by atoms with Crippen molar-refractivity contribution in [3.8, 4) is 6.07 Å². The first-order valence-corrected chi connectivity index (χ1v) is 13.2. The number of pyridine rings is 2. The minimum Gasteiger partial charge on any atom is -0.383 e. The minimum atomic E-state index is -1.21. The molecule has 3 heterocycles. The van der Waals surface area contributed by atoms with Gasteiger partial charge in [0.25, 0.3) is 0 Å². The smallest absolute Gasteiger partial charge is 0.129 e. The third-order valence-electron chi connectivity index (χ3n) is 6.61. The van der Waals surface area contributed by atoms with Crippen molar-refractivity contribution >= 4 is 53.3 Å². The van der Waals surface area contributed by atoms with Gasteiger partial charge < -0.3 is 16.1 Å². The molecular formula is C27H29BCl2N8. The molecule has 2 radical (unpaired) electrons. The Morgan fingerprint density at radius 3 is 2.66 bits per heavy atom. The second-order valence-electron chi connectivity index (χ2n) is 11.0. The number of halogens is 2. The fourth-order valence-electron chi connectivity index (χ4n) is 4.49. The van der Waals surface area contributed by atoms with Gasteiger partial charge in [0.1, 0.15) is 19.1 Å². The highest BCUT2D eigenvalue weighted by atomic mass is 35.5. The van der Waals surface area contributed by atoms with E-state index in [-0.39, 0.29) is 5.41 Å². The van der Waals surface area contributed by atoms with E-state index in [1.54, 1.807) is 18.3 Å². The quantitative estimate of drug-likeness (QED) is 0.233. The molecule has 1 aromatic carbocycles. The van der Waals surface area contributed by atoms with Crippen LogP contribution >= 0.6 is 23.2 Å². The molecular weight excluding hydrogens is 518 g/mol. The molecule has 0 unspecified atom stereocenters. The van der Waals surface area contributed by atoms with E-state index in [0.717, 1.165) is 23.8 Å². The van der Waals surface area contributed by atoms with Crippen molar-refractivity contribution < 1.29 is 0 Å². The average molecular weight is 547 g/mol. The molecule has 3 aromatic rings. The molecule has 194 valence electrons. The second-order valence-corrected chi connectivity index (χ2v) is 11.8. The summed E-state index contributed by atoms with van der Waals surface area (Å²) in [6.45, 7) is 8.91. The third kappa shape index (κ3) is 5.21. The van der Waals surface area contributed by atoms with Gasteiger partial charge in [-0.15, -0.1) is 5.53 Å². The number of hydrogen-bond donors (Lipinski definition) is 4. The van der Waals surface area contributed by atoms with Crippen molar-refractivity contribution in [3.63, 3.8) is 0 Å². The van der Waals surface area contributed by atoms with Gasteiger partial charge >= 0.3 is 0 Å². The highest BCUT2D eigenvalue weighted by Crippen LogP contribution is 2.39. The number of nitriles is 1. The number of nitrogens with zero attached hydrogens (tertiary/aromatic N) is 4. The third-order valence-corrected chi connectivity index (χ3v) is 7.11. The summed E-state index contributed by atoms with van der Waals surface area (Å²) < 4.78 is 0. The van der Waals surface area contributed by atoms with Crippen LogP contribution in [0.5, 0.6) is 0 Å². The predicted molar refractivity (Wildman–Crippen MR) is 154 cm³/mol. The van der Waals surface area contributed by atoms with E-state index in [4.69, 9.17) is 31.0 Å². The summed E-state index contributed by atoms with van der Waals surface area (Å²) in [6.07, 6.45) is 5.76. The Hall–Kier alpha value is -3.19. The molecule has 0 amide bonds. The summed E-state index contributed by atoms with van der Waals surface area (Å²) in [6, 6.07) is 9.98. The summed E-state index contributed by atoms with van der Waals surface area (Å²) >= 11 is 12.9. The fraction of sp³-hybridized carbons (Fsp3) is 0.370. The number of fused-ring (bicyclic) bond motifs is 1. The zero-order chi connectivity index (χ0) is 27.2. The molecule has 0 spiro atoms. The largest absolute Gasteiger partial charge is 0.383 e. The lowest BCUT2D eigenvalue weighted by Crippen LogP contribution is -2.46. The lowest BCUT2D eigenvalue weighted by molar-refractivity contribution is 0.260. The molecule has 38 heavy (non-hydrogen) atoms. The molecule has 1 aliphatic carbocycles. The highest BCUT2D eigenvalue weighted by Gasteiger charge is 2.39. The highest BCUT2D eigenvalue weighted by molar-refractivity contribution is 6.36. The molecule has 1 saturated carbocycles. The van der Waals surface area contributed by atoms with E-state index >= 15 is 0 Å². The van der Waals surface area contributed by atoms with Crippen LogP contribution in [0.15, 0.2) is 42.4 Å². The van der Waals surface area contributed by atoms with E-state index in [2.05, 4.69) is 58.4 Å². The topological polar surface area (TPSA) is 101 Å². The molecule has 0 saturated heterocycles. The van der Waals surface area contributed by atoms with Gasteiger partial charge in [-0.05, 0) is 48.9 Å². The molecule has 8 nitrogen and oxygen atoms in total. The van der Waals surface area contributed by atoms with E-state index in [0.29, 0.717) is 56.6 Å². The number of aryl methyl sites for hydroxylation is 1. The summed E-state index contributed by atoms with van der Waals surface area (Å²) in [5.41, 5.74) is 9.73. The number of benzene rings is 1. The second kappa shape index (κ2) is 9.85. The Morgan fingerprint density at radius 1 is 1.24 bits per heavy atom. The normalized spacial score (nSPS) is 17.0. The zero-order valence-electron chi connectivity index (χ0n) is 21.8. The Balaban J connectivity index is 1.62. The van der Waals surface area contributed by atoms with Crippen LogP contribution in [0.2, 0.25) is 10.2 Å². The molecule has 2 aromatic heterocycles. The maximum absolute atomic E-state index is 9.81. The summed E-state index contributed by atoms with van der Waals surface area (Å²) in [5.74, 6) is 0. The molecule has 2 aliphatic rings. The maximum atomic E-state index is 9.81. The molecule has 4 N–H and O–H groups in total. The van der Waals surface area contributed by atoms with Gasteiger partial charge in [0.15, 0.2) is 0 Å². The van der Waals surface area contributed by atoms with Gasteiger partial charge in [-0.2, -0.15) is 5.26 Å². The Labute approximate surface area is 234 Å². The summed E-state index contributed by atoms with van der Waals surface area (Å²) in [7, 11) is 7.18. The summed E-state index contributed by atoms with van der Waals surface area (Å²) in [5, 5.41) is 20.3. The van der Waals surface area contributed by atoms with Crippen molar-refractivity contribution in [1.29, 1.82) is 5.26 Å². The first-order valence-electron chi connectivity index (χ1n) is 12.5. The molecule has 0 bridgehead atoms. The molecule has 5 rings (SSSR count). The van der Waals surface area contributed by atoms with E-state index in [9.17, 15) is 5.26 Å². The number of rotatable bonds is 7. The van der Waals surface area contributed by atoms with Gasteiger partial charge in [-0.1, -0.05) is 50.0 Å². The number of hydrazine groups is 2. The van der Waals surface area contributed by atoms with Gasteiger partial charge in [0, 0.05) is 41.8 Å². The van der Waals surface area contributed by atoms with Crippen LogP contribution < -0.4 is 21.6 Å². The Morgan fingerprint density at radius 2 is 2.00 bits per heavy atom. The Kier molecular flexibility index (Phi) is 6.85. The monoisotopic (exact) mass is 546 g/mol. The number of hydrogen-bond acceptors (Lipinski definition) is 8. The van der Waals surface area contributed by atoms with Crippen LogP contribution in [-0.2, 0) is 5.44 Å². The van der Waals surface area contributed by atoms with Gasteiger partial charge in [0.2, 0.25) is 0 Å². The van der Waals surface area contributed by atoms with Crippen LogP contribution in [0.4, 0.5) is 11.4 Å². The first kappa shape index (κ1) is 26.4. The van der Waals surface area contributed by atoms with Crippen molar-refractivity contribution in [2.45, 2.75) is 52.0 Å². The number of nitrogens with one attached hydrogen (secondary N) is 4. The maximum Gasteiger partial charge on any atom is 0.129 e. The number of aromatic nitrogens is 2. The van der Waals surface area contributed by atoms with Crippen LogP contribution in [0.3, 0.4) is 0 Å². The minimum absolute atomic E-state index is 0.00541. The van der Waals surface area contributed by atoms with Crippen molar-refractivity contribution in [3.05, 3.63) is 69.4 Å². The van der Waals surface area contributed by atoms with Gasteiger partial charge in [-0.25, -0.2) is 4.98 Å². The van der Waals surface area contributed by atoms with Gasteiger partial charge in [0.05, 0.1) is 32.9 Å². The fourth-order valence-corrected chi connectivity index (χ4v) is 4.95. The lowest BCUT2D eigenvalue weighted by Gasteiger charge is -2.35.